The minimum atomic E-state index is -0.374. The fourth-order valence-corrected chi connectivity index (χ4v) is 3.56. The van der Waals surface area contributed by atoms with Crippen molar-refractivity contribution in [3.63, 3.8) is 0 Å². The van der Waals surface area contributed by atoms with Crippen molar-refractivity contribution < 1.29 is 14.6 Å². The van der Waals surface area contributed by atoms with E-state index in [1.165, 1.54) is 25.7 Å². The highest BCUT2D eigenvalue weighted by Gasteiger charge is 2.26. The lowest BCUT2D eigenvalue weighted by molar-refractivity contribution is 0.116. The fourth-order valence-electron chi connectivity index (χ4n) is 3.56. The molecule has 0 amide bonds. The maximum absolute atomic E-state index is 10.6. The van der Waals surface area contributed by atoms with Gasteiger partial charge in [-0.05, 0) is 30.0 Å². The molecule has 2 aliphatic rings. The van der Waals surface area contributed by atoms with Crippen LogP contribution in [-0.4, -0.2) is 31.0 Å². The zero-order valence-corrected chi connectivity index (χ0v) is 12.5. The minimum absolute atomic E-state index is 0.0265. The van der Waals surface area contributed by atoms with Crippen LogP contribution in [0.4, 0.5) is 0 Å². The first-order valence-corrected chi connectivity index (χ1v) is 8.05. The van der Waals surface area contributed by atoms with Crippen molar-refractivity contribution in [2.75, 3.05) is 19.8 Å². The lowest BCUT2D eigenvalue weighted by atomic mass is 9.87. The summed E-state index contributed by atoms with van der Waals surface area (Å²) >= 11 is 0. The molecule has 0 saturated heterocycles. The van der Waals surface area contributed by atoms with E-state index in [-0.39, 0.29) is 12.0 Å². The fraction of sp³-hybridized carbons (Fsp3) is 0.647. The van der Waals surface area contributed by atoms with E-state index in [9.17, 15) is 5.11 Å². The lowest BCUT2D eigenvalue weighted by Gasteiger charge is -2.26. The topological polar surface area (TPSA) is 64.7 Å². The van der Waals surface area contributed by atoms with Crippen molar-refractivity contribution in [2.45, 2.75) is 44.1 Å². The van der Waals surface area contributed by atoms with E-state index in [0.29, 0.717) is 25.7 Å². The summed E-state index contributed by atoms with van der Waals surface area (Å²) in [7, 11) is 0. The van der Waals surface area contributed by atoms with E-state index in [1.54, 1.807) is 0 Å². The summed E-state index contributed by atoms with van der Waals surface area (Å²) in [5.74, 6) is 2.18. The van der Waals surface area contributed by atoms with Gasteiger partial charge in [-0.15, -0.1) is 0 Å². The van der Waals surface area contributed by atoms with Crippen LogP contribution in [0.5, 0.6) is 11.5 Å². The average Bonchev–Trinajstić information content (AvgIpc) is 3.01. The molecule has 1 aromatic rings. The standard InChI is InChI=1S/C17H25NO3/c18-11-14(15(19)9-12-3-1-2-4-12)13-5-6-16-17(10-13)21-8-7-20-16/h5-6,10,12,14-15,19H,1-4,7-9,11,18H2. The molecular formula is C17H25NO3. The van der Waals surface area contributed by atoms with Crippen molar-refractivity contribution in [2.24, 2.45) is 11.7 Å². The van der Waals surface area contributed by atoms with Gasteiger partial charge in [-0.1, -0.05) is 31.7 Å². The van der Waals surface area contributed by atoms with E-state index in [2.05, 4.69) is 0 Å². The Labute approximate surface area is 126 Å². The quantitative estimate of drug-likeness (QED) is 0.874. The number of hydrogen-bond donors (Lipinski definition) is 2. The summed E-state index contributed by atoms with van der Waals surface area (Å²) < 4.78 is 11.2. The van der Waals surface area contributed by atoms with E-state index >= 15 is 0 Å². The van der Waals surface area contributed by atoms with Gasteiger partial charge in [-0.2, -0.15) is 0 Å². The van der Waals surface area contributed by atoms with E-state index in [1.807, 2.05) is 18.2 Å². The second-order valence-electron chi connectivity index (χ2n) is 6.20. The average molecular weight is 291 g/mol. The van der Waals surface area contributed by atoms with Crippen LogP contribution >= 0.6 is 0 Å². The summed E-state index contributed by atoms with van der Waals surface area (Å²) in [5, 5.41) is 10.6. The maximum atomic E-state index is 10.6. The first kappa shape index (κ1) is 14.7. The van der Waals surface area contributed by atoms with Gasteiger partial charge in [0.1, 0.15) is 13.2 Å². The van der Waals surface area contributed by atoms with Gasteiger partial charge in [-0.25, -0.2) is 0 Å². The number of nitrogens with two attached hydrogens (primary N) is 1. The molecule has 0 spiro atoms. The van der Waals surface area contributed by atoms with Crippen LogP contribution in [-0.2, 0) is 0 Å². The first-order chi connectivity index (χ1) is 10.3. The van der Waals surface area contributed by atoms with Crippen LogP contribution in [0, 0.1) is 5.92 Å². The van der Waals surface area contributed by atoms with Gasteiger partial charge in [0.25, 0.3) is 0 Å². The van der Waals surface area contributed by atoms with Crippen LogP contribution in [0.1, 0.15) is 43.6 Å². The van der Waals surface area contributed by atoms with E-state index in [4.69, 9.17) is 15.2 Å². The molecule has 0 bridgehead atoms. The number of aliphatic hydroxyl groups is 1. The predicted molar refractivity (Wildman–Crippen MR) is 81.8 cm³/mol. The first-order valence-electron chi connectivity index (χ1n) is 8.05. The molecule has 3 rings (SSSR count). The molecule has 1 saturated carbocycles. The molecule has 1 fully saturated rings. The number of ether oxygens (including phenoxy) is 2. The highest BCUT2D eigenvalue weighted by molar-refractivity contribution is 5.45. The van der Waals surface area contributed by atoms with Crippen LogP contribution in [0.25, 0.3) is 0 Å². The van der Waals surface area contributed by atoms with Crippen molar-refractivity contribution in [3.05, 3.63) is 23.8 Å². The highest BCUT2D eigenvalue weighted by atomic mass is 16.6. The van der Waals surface area contributed by atoms with Crippen LogP contribution in [0.15, 0.2) is 18.2 Å². The lowest BCUT2D eigenvalue weighted by Crippen LogP contribution is -2.28. The number of aliphatic hydroxyl groups excluding tert-OH is 1. The summed E-state index contributed by atoms with van der Waals surface area (Å²) in [5.41, 5.74) is 6.97. The van der Waals surface area contributed by atoms with E-state index < -0.39 is 0 Å². The molecule has 0 radical (unpaired) electrons. The minimum Gasteiger partial charge on any atom is -0.486 e. The Morgan fingerprint density at radius 1 is 1.14 bits per heavy atom. The smallest absolute Gasteiger partial charge is 0.161 e. The molecule has 2 unspecified atom stereocenters. The predicted octanol–water partition coefficient (Wildman–Crippen LogP) is 2.44. The van der Waals surface area contributed by atoms with Crippen molar-refractivity contribution >= 4 is 0 Å². The van der Waals surface area contributed by atoms with Crippen LogP contribution in [0.3, 0.4) is 0 Å². The Bertz CT molecular complexity index is 471. The summed E-state index contributed by atoms with van der Waals surface area (Å²) in [4.78, 5) is 0. The molecule has 2 atom stereocenters. The van der Waals surface area contributed by atoms with Crippen molar-refractivity contribution in [1.29, 1.82) is 0 Å². The summed E-state index contributed by atoms with van der Waals surface area (Å²) in [6.45, 7) is 1.62. The van der Waals surface area contributed by atoms with Gasteiger partial charge in [0.05, 0.1) is 6.10 Å². The molecule has 1 aromatic carbocycles. The number of hydrogen-bond acceptors (Lipinski definition) is 4. The summed E-state index contributed by atoms with van der Waals surface area (Å²) in [6, 6.07) is 5.90. The van der Waals surface area contributed by atoms with Gasteiger partial charge in [0.2, 0.25) is 0 Å². The van der Waals surface area contributed by atoms with Crippen LogP contribution in [0.2, 0.25) is 0 Å². The van der Waals surface area contributed by atoms with Crippen molar-refractivity contribution in [1.82, 2.24) is 0 Å². The van der Waals surface area contributed by atoms with Crippen molar-refractivity contribution in [3.8, 4) is 11.5 Å². The molecule has 4 heteroatoms. The molecule has 1 aliphatic carbocycles. The molecule has 4 nitrogen and oxygen atoms in total. The Morgan fingerprint density at radius 2 is 1.86 bits per heavy atom. The normalized spacial score (nSPS) is 21.2. The second-order valence-corrected chi connectivity index (χ2v) is 6.20. The highest BCUT2D eigenvalue weighted by Crippen LogP contribution is 2.36. The molecule has 1 heterocycles. The Hall–Kier alpha value is -1.26. The molecular weight excluding hydrogens is 266 g/mol. The molecule has 1 aliphatic heterocycles. The Balaban J connectivity index is 1.72. The van der Waals surface area contributed by atoms with Gasteiger partial charge in [-0.3, -0.25) is 0 Å². The monoisotopic (exact) mass is 291 g/mol. The number of benzene rings is 1. The number of rotatable bonds is 5. The largest absolute Gasteiger partial charge is 0.486 e. The summed E-state index contributed by atoms with van der Waals surface area (Å²) in [6.07, 6.45) is 5.57. The molecule has 0 aromatic heterocycles. The maximum Gasteiger partial charge on any atom is 0.161 e. The van der Waals surface area contributed by atoms with Crippen LogP contribution < -0.4 is 15.2 Å². The van der Waals surface area contributed by atoms with E-state index in [0.717, 1.165) is 23.5 Å². The Morgan fingerprint density at radius 3 is 2.57 bits per heavy atom. The second kappa shape index (κ2) is 6.67. The molecule has 3 N–H and O–H groups in total. The van der Waals surface area contributed by atoms with Gasteiger partial charge in [0.15, 0.2) is 11.5 Å². The number of fused-ring (bicyclic) bond motifs is 1. The zero-order valence-electron chi connectivity index (χ0n) is 12.5. The third-order valence-corrected chi connectivity index (χ3v) is 4.76. The van der Waals surface area contributed by atoms with Gasteiger partial charge < -0.3 is 20.3 Å². The third-order valence-electron chi connectivity index (χ3n) is 4.76. The zero-order chi connectivity index (χ0) is 14.7. The SMILES string of the molecule is NCC(c1ccc2c(c1)OCCO2)C(O)CC1CCCC1. The Kier molecular flexibility index (Phi) is 4.66. The third kappa shape index (κ3) is 3.33. The van der Waals surface area contributed by atoms with Gasteiger partial charge >= 0.3 is 0 Å². The molecule has 21 heavy (non-hydrogen) atoms. The van der Waals surface area contributed by atoms with Gasteiger partial charge in [0, 0.05) is 12.5 Å². The molecule has 116 valence electrons.